The number of carbonyl (C=O) groups excluding carboxylic acids is 4. The van der Waals surface area contributed by atoms with Crippen molar-refractivity contribution in [2.45, 2.75) is 457 Å². The molecule has 0 rings (SSSR count). The Labute approximate surface area is 619 Å². The molecule has 3 N–H and O–H groups in total. The second kappa shape index (κ2) is 74.9. The Balaban J connectivity index is 5.19. The lowest BCUT2D eigenvalue weighted by atomic mass is 10.0. The fraction of sp³-hybridized carbons (Fsp3) is 0.951. The van der Waals surface area contributed by atoms with Gasteiger partial charge < -0.3 is 33.8 Å². The third-order valence-corrected chi connectivity index (χ3v) is 21.2. The molecule has 17 nitrogen and oxygen atoms in total. The van der Waals surface area contributed by atoms with Gasteiger partial charge in [-0.3, -0.25) is 37.3 Å². The van der Waals surface area contributed by atoms with Crippen molar-refractivity contribution in [2.75, 3.05) is 39.6 Å². The lowest BCUT2D eigenvalue weighted by molar-refractivity contribution is -0.161. The van der Waals surface area contributed by atoms with Gasteiger partial charge in [0.05, 0.1) is 26.4 Å². The molecular weight excluding hydrogens is 1320 g/mol. The van der Waals surface area contributed by atoms with Crippen molar-refractivity contribution in [3.63, 3.8) is 0 Å². The molecular formula is C82H160O17P2. The van der Waals surface area contributed by atoms with E-state index in [0.29, 0.717) is 25.7 Å². The molecule has 0 saturated carbocycles. The topological polar surface area (TPSA) is 237 Å². The van der Waals surface area contributed by atoms with Gasteiger partial charge in [0.15, 0.2) is 12.2 Å². The van der Waals surface area contributed by atoms with E-state index in [-0.39, 0.29) is 25.7 Å². The molecule has 600 valence electrons. The summed E-state index contributed by atoms with van der Waals surface area (Å²) in [6.45, 7) is 7.34. The van der Waals surface area contributed by atoms with E-state index >= 15 is 0 Å². The van der Waals surface area contributed by atoms with E-state index in [1.54, 1.807) is 0 Å². The number of aliphatic hydroxyl groups excluding tert-OH is 1. The zero-order valence-electron chi connectivity index (χ0n) is 66.1. The summed E-state index contributed by atoms with van der Waals surface area (Å²) in [6, 6.07) is 0. The Kier molecular flexibility index (Phi) is 73.5. The van der Waals surface area contributed by atoms with E-state index in [1.165, 1.54) is 263 Å². The molecule has 0 bridgehead atoms. The van der Waals surface area contributed by atoms with Gasteiger partial charge in [-0.15, -0.1) is 0 Å². The van der Waals surface area contributed by atoms with E-state index in [1.807, 2.05) is 0 Å². The van der Waals surface area contributed by atoms with Gasteiger partial charge in [-0.05, 0) is 31.6 Å². The quantitative estimate of drug-likeness (QED) is 0.0222. The molecule has 0 fully saturated rings. The summed E-state index contributed by atoms with van der Waals surface area (Å²) in [6.07, 6.45) is 66.7. The Morgan fingerprint density at radius 3 is 0.673 bits per heavy atom. The number of ether oxygens (including phenoxy) is 4. The molecule has 0 heterocycles. The van der Waals surface area contributed by atoms with E-state index in [4.69, 9.17) is 37.0 Å². The van der Waals surface area contributed by atoms with Gasteiger partial charge in [0.25, 0.3) is 0 Å². The lowest BCUT2D eigenvalue weighted by Gasteiger charge is -2.21. The van der Waals surface area contributed by atoms with Crippen molar-refractivity contribution in [1.29, 1.82) is 0 Å². The van der Waals surface area contributed by atoms with Crippen molar-refractivity contribution < 1.29 is 80.2 Å². The first-order valence-electron chi connectivity index (χ1n) is 42.6. The first-order valence-corrected chi connectivity index (χ1v) is 45.6. The number of esters is 4. The minimum Gasteiger partial charge on any atom is -0.462 e. The Morgan fingerprint density at radius 2 is 0.455 bits per heavy atom. The van der Waals surface area contributed by atoms with E-state index in [9.17, 15) is 43.2 Å². The molecule has 0 spiro atoms. The van der Waals surface area contributed by atoms with Crippen LogP contribution in [0.4, 0.5) is 0 Å². The van der Waals surface area contributed by atoms with Crippen LogP contribution in [0.3, 0.4) is 0 Å². The summed E-state index contributed by atoms with van der Waals surface area (Å²) in [5.41, 5.74) is 0. The van der Waals surface area contributed by atoms with Crippen molar-refractivity contribution in [1.82, 2.24) is 0 Å². The van der Waals surface area contributed by atoms with E-state index in [2.05, 4.69) is 34.6 Å². The fourth-order valence-corrected chi connectivity index (χ4v) is 14.3. The zero-order chi connectivity index (χ0) is 74.1. The smallest absolute Gasteiger partial charge is 0.462 e. The molecule has 0 aromatic rings. The fourth-order valence-electron chi connectivity index (χ4n) is 12.8. The molecule has 0 aromatic carbocycles. The van der Waals surface area contributed by atoms with Crippen LogP contribution in [0.15, 0.2) is 0 Å². The summed E-state index contributed by atoms with van der Waals surface area (Å²) in [5, 5.41) is 10.6. The van der Waals surface area contributed by atoms with Crippen LogP contribution in [-0.4, -0.2) is 96.7 Å². The van der Waals surface area contributed by atoms with Gasteiger partial charge in [0.2, 0.25) is 0 Å². The number of hydrogen-bond donors (Lipinski definition) is 3. The van der Waals surface area contributed by atoms with Crippen molar-refractivity contribution in [3.05, 3.63) is 0 Å². The Morgan fingerprint density at radius 1 is 0.267 bits per heavy atom. The maximum Gasteiger partial charge on any atom is 0.472 e. The molecule has 0 aromatic heterocycles. The maximum atomic E-state index is 13.1. The molecule has 0 saturated heterocycles. The number of phosphoric acid groups is 2. The number of rotatable bonds is 82. The molecule has 2 unspecified atom stereocenters. The molecule has 0 amide bonds. The monoisotopic (exact) mass is 1480 g/mol. The van der Waals surface area contributed by atoms with Crippen LogP contribution in [0, 0.1) is 5.92 Å². The highest BCUT2D eigenvalue weighted by molar-refractivity contribution is 7.47. The van der Waals surface area contributed by atoms with Crippen LogP contribution in [-0.2, 0) is 65.4 Å². The van der Waals surface area contributed by atoms with Gasteiger partial charge >= 0.3 is 39.5 Å². The number of carbonyl (C=O) groups is 4. The maximum absolute atomic E-state index is 13.1. The third kappa shape index (κ3) is 76.1. The lowest BCUT2D eigenvalue weighted by Crippen LogP contribution is -2.30. The summed E-state index contributed by atoms with van der Waals surface area (Å²) in [5.74, 6) is -1.32. The first-order chi connectivity index (χ1) is 49.0. The highest BCUT2D eigenvalue weighted by atomic mass is 31.2. The average Bonchev–Trinajstić information content (AvgIpc) is 1.64. The molecule has 0 aliphatic rings. The third-order valence-electron chi connectivity index (χ3n) is 19.3. The number of phosphoric ester groups is 2. The number of unbranched alkanes of at least 4 members (excludes halogenated alkanes) is 54. The largest absolute Gasteiger partial charge is 0.472 e. The summed E-state index contributed by atoms with van der Waals surface area (Å²) >= 11 is 0. The number of hydrogen-bond acceptors (Lipinski definition) is 15. The SMILES string of the molecule is CCCCCCCCCCCCCCCCCCCCCCCCC(=O)O[C@H](COC(=O)CCCCCCCCCCCCCCCC(C)C)COP(=O)(O)OC[C@@H](O)COP(=O)(O)OC[C@@H](COC(=O)CCCCCCCCCCC)OC(=O)CCCCCCCCCCCCCCCC. The van der Waals surface area contributed by atoms with Gasteiger partial charge in [0, 0.05) is 25.7 Å². The van der Waals surface area contributed by atoms with Crippen LogP contribution in [0.25, 0.3) is 0 Å². The second-order valence-electron chi connectivity index (χ2n) is 30.0. The van der Waals surface area contributed by atoms with E-state index < -0.39 is 97.5 Å². The van der Waals surface area contributed by atoms with Crippen molar-refractivity contribution in [2.24, 2.45) is 5.92 Å². The van der Waals surface area contributed by atoms with Crippen LogP contribution in [0.5, 0.6) is 0 Å². The van der Waals surface area contributed by atoms with Crippen LogP contribution >= 0.6 is 15.6 Å². The van der Waals surface area contributed by atoms with Crippen LogP contribution in [0.1, 0.15) is 439 Å². The van der Waals surface area contributed by atoms with Gasteiger partial charge in [0.1, 0.15) is 19.3 Å². The number of aliphatic hydroxyl groups is 1. The Bertz CT molecular complexity index is 1930. The molecule has 19 heteroatoms. The molecule has 0 radical (unpaired) electrons. The minimum absolute atomic E-state index is 0.108. The minimum atomic E-state index is -4.96. The molecule has 0 aliphatic heterocycles. The summed E-state index contributed by atoms with van der Waals surface area (Å²) < 4.78 is 68.7. The van der Waals surface area contributed by atoms with E-state index in [0.717, 1.165) is 95.8 Å². The zero-order valence-corrected chi connectivity index (χ0v) is 67.8. The molecule has 101 heavy (non-hydrogen) atoms. The van der Waals surface area contributed by atoms with Crippen molar-refractivity contribution >= 4 is 39.5 Å². The summed E-state index contributed by atoms with van der Waals surface area (Å²) in [7, 11) is -9.92. The normalized spacial score (nSPS) is 13.8. The van der Waals surface area contributed by atoms with Gasteiger partial charge in [-0.1, -0.05) is 388 Å². The van der Waals surface area contributed by atoms with Gasteiger partial charge in [-0.2, -0.15) is 0 Å². The summed E-state index contributed by atoms with van der Waals surface area (Å²) in [4.78, 5) is 73.0. The molecule has 0 aliphatic carbocycles. The highest BCUT2D eigenvalue weighted by Gasteiger charge is 2.30. The molecule has 5 atom stereocenters. The van der Waals surface area contributed by atoms with Gasteiger partial charge in [-0.25, -0.2) is 9.13 Å². The standard InChI is InChI=1S/C82H160O17P2/c1-6-9-12-15-18-21-23-25-27-28-29-30-31-32-33-34-38-43-48-53-58-63-68-82(87)99-78(72-93-80(85)66-61-56-51-46-41-39-35-36-40-45-49-54-59-64-75(4)5)74-97-101(90,91)95-70-76(83)69-94-100(88,89)96-73-77(71-92-79(84)65-60-55-50-44-20-17-14-11-8-3)98-81(86)67-62-57-52-47-42-37-26-24-22-19-16-13-10-7-2/h75-78,83H,6-74H2,1-5H3,(H,88,89)(H,90,91)/t76-,77+,78+/m0/s1. The van der Waals surface area contributed by atoms with Crippen LogP contribution < -0.4 is 0 Å². The predicted octanol–water partition coefficient (Wildman–Crippen LogP) is 24.8. The Hall–Kier alpha value is -1.94. The highest BCUT2D eigenvalue weighted by Crippen LogP contribution is 2.45. The predicted molar refractivity (Wildman–Crippen MR) is 414 cm³/mol. The van der Waals surface area contributed by atoms with Crippen molar-refractivity contribution in [3.8, 4) is 0 Å². The first kappa shape index (κ1) is 99.1. The average molecular weight is 1480 g/mol. The second-order valence-corrected chi connectivity index (χ2v) is 32.9. The van der Waals surface area contributed by atoms with Crippen LogP contribution in [0.2, 0.25) is 0 Å².